The molecule has 4 rings (SSSR count). The summed E-state index contributed by atoms with van der Waals surface area (Å²) in [5.74, 6) is 1.44. The second kappa shape index (κ2) is 8.41. The van der Waals surface area contributed by atoms with Crippen LogP contribution in [0.25, 0.3) is 5.65 Å². The molecule has 0 aliphatic carbocycles. The van der Waals surface area contributed by atoms with Crippen molar-refractivity contribution in [3.8, 4) is 5.88 Å². The normalized spacial score (nSPS) is 18.6. The molecule has 0 radical (unpaired) electrons. The van der Waals surface area contributed by atoms with Gasteiger partial charge in [-0.25, -0.2) is 19.2 Å². The Morgan fingerprint density at radius 1 is 1.27 bits per heavy atom. The molecule has 1 aliphatic heterocycles. The number of anilines is 3. The van der Waals surface area contributed by atoms with Crippen LogP contribution in [0.3, 0.4) is 0 Å². The maximum atomic E-state index is 14.8. The Morgan fingerprint density at radius 3 is 2.73 bits per heavy atom. The lowest BCUT2D eigenvalue weighted by Crippen LogP contribution is -2.44. The maximum Gasteiger partial charge on any atom is 0.408 e. The number of aromatic nitrogens is 5. The number of hydrogen-bond donors (Lipinski definition) is 2. The summed E-state index contributed by atoms with van der Waals surface area (Å²) in [6.45, 7) is 7.55. The first-order valence-electron chi connectivity index (χ1n) is 10.6. The van der Waals surface area contributed by atoms with Crippen molar-refractivity contribution in [1.82, 2.24) is 29.5 Å². The van der Waals surface area contributed by atoms with Gasteiger partial charge in [0.1, 0.15) is 23.3 Å². The van der Waals surface area contributed by atoms with E-state index in [1.54, 1.807) is 49.8 Å². The van der Waals surface area contributed by atoms with Crippen LogP contribution in [0.1, 0.15) is 26.5 Å². The van der Waals surface area contributed by atoms with Crippen molar-refractivity contribution in [3.63, 3.8) is 0 Å². The molecule has 11 nitrogen and oxygen atoms in total. The Bertz CT molecular complexity index is 1170. The van der Waals surface area contributed by atoms with Crippen molar-refractivity contribution in [2.45, 2.75) is 45.5 Å². The standard InChI is InChI=1S/C21H29FN8O3/c1-12-7-23-18-17(24-15-9-28(5)27-19(15)32-6)26-16(11-30(12)18)29-8-13(22)14(10-29)25-20(31)33-21(2,3)4/h7,9,11,13-14H,8,10H2,1-6H3,(H,24,26)(H,25,31)/t13-,14-/m1/s1. The number of nitrogens with zero attached hydrogens (tertiary/aromatic N) is 6. The number of imidazole rings is 1. The van der Waals surface area contributed by atoms with Crippen LogP contribution in [-0.2, 0) is 11.8 Å². The molecule has 0 saturated carbocycles. The summed E-state index contributed by atoms with van der Waals surface area (Å²) in [4.78, 5) is 23.1. The average Bonchev–Trinajstić information content (AvgIpc) is 3.38. The van der Waals surface area contributed by atoms with Gasteiger partial charge < -0.3 is 25.0 Å². The summed E-state index contributed by atoms with van der Waals surface area (Å²) < 4.78 is 28.9. The van der Waals surface area contributed by atoms with Gasteiger partial charge in [0.2, 0.25) is 0 Å². The fourth-order valence-electron chi connectivity index (χ4n) is 3.71. The predicted octanol–water partition coefficient (Wildman–Crippen LogP) is 2.57. The van der Waals surface area contributed by atoms with E-state index in [1.165, 1.54) is 7.11 Å². The van der Waals surface area contributed by atoms with Gasteiger partial charge in [0.05, 0.1) is 32.1 Å². The minimum absolute atomic E-state index is 0.0857. The minimum atomic E-state index is -1.27. The fraction of sp³-hybridized carbons (Fsp3) is 0.524. The number of carbonyl (C=O) groups excluding carboxylic acids is 1. The van der Waals surface area contributed by atoms with Gasteiger partial charge in [-0.1, -0.05) is 0 Å². The molecule has 4 heterocycles. The van der Waals surface area contributed by atoms with Crippen LogP contribution in [0.4, 0.5) is 26.5 Å². The molecular weight excluding hydrogens is 431 g/mol. The van der Waals surface area contributed by atoms with E-state index in [0.29, 0.717) is 28.9 Å². The third-order valence-electron chi connectivity index (χ3n) is 5.18. The number of nitrogens with one attached hydrogen (secondary N) is 2. The van der Waals surface area contributed by atoms with E-state index in [1.807, 2.05) is 17.5 Å². The number of hydrogen-bond acceptors (Lipinski definition) is 8. The topological polar surface area (TPSA) is 111 Å². The van der Waals surface area contributed by atoms with Crippen LogP contribution >= 0.6 is 0 Å². The maximum absolute atomic E-state index is 14.8. The first-order chi connectivity index (χ1) is 15.5. The van der Waals surface area contributed by atoms with E-state index in [0.717, 1.165) is 5.69 Å². The molecule has 12 heteroatoms. The average molecular weight is 461 g/mol. The quantitative estimate of drug-likeness (QED) is 0.598. The van der Waals surface area contributed by atoms with E-state index >= 15 is 0 Å². The number of halogens is 1. The molecule has 2 N–H and O–H groups in total. The number of amides is 1. The number of ether oxygens (including phenoxy) is 2. The molecule has 33 heavy (non-hydrogen) atoms. The first kappa shape index (κ1) is 22.6. The second-order valence-electron chi connectivity index (χ2n) is 9.07. The molecular formula is C21H29FN8O3. The lowest BCUT2D eigenvalue weighted by Gasteiger charge is -2.22. The highest BCUT2D eigenvalue weighted by Gasteiger charge is 2.36. The highest BCUT2D eigenvalue weighted by atomic mass is 19.1. The van der Waals surface area contributed by atoms with Crippen molar-refractivity contribution in [2.75, 3.05) is 30.4 Å². The van der Waals surface area contributed by atoms with Gasteiger partial charge in [-0.15, -0.1) is 5.10 Å². The molecule has 178 valence electrons. The second-order valence-corrected chi connectivity index (χ2v) is 9.07. The predicted molar refractivity (Wildman–Crippen MR) is 121 cm³/mol. The molecule has 0 spiro atoms. The number of carbonyl (C=O) groups is 1. The number of alkyl halides is 1. The zero-order valence-electron chi connectivity index (χ0n) is 19.6. The Kier molecular flexibility index (Phi) is 5.76. The van der Waals surface area contributed by atoms with Crippen LogP contribution in [0.5, 0.6) is 5.88 Å². The summed E-state index contributed by atoms with van der Waals surface area (Å²) in [5, 5.41) is 10.1. The summed E-state index contributed by atoms with van der Waals surface area (Å²) in [5.41, 5.74) is 1.48. The van der Waals surface area contributed by atoms with Gasteiger partial charge in [0.15, 0.2) is 11.5 Å². The van der Waals surface area contributed by atoms with E-state index in [-0.39, 0.29) is 13.1 Å². The van der Waals surface area contributed by atoms with Crippen molar-refractivity contribution in [2.24, 2.45) is 7.05 Å². The number of methoxy groups -OCH3 is 1. The van der Waals surface area contributed by atoms with E-state index in [4.69, 9.17) is 14.5 Å². The SMILES string of the molecule is COc1nn(C)cc1Nc1nc(N2C[C@@H](F)[C@H](NC(=O)OC(C)(C)C)C2)cn2c(C)cnc12. The van der Waals surface area contributed by atoms with E-state index in [9.17, 15) is 9.18 Å². The van der Waals surface area contributed by atoms with Gasteiger partial charge in [0, 0.05) is 25.5 Å². The van der Waals surface area contributed by atoms with Crippen molar-refractivity contribution in [3.05, 3.63) is 24.3 Å². The Labute approximate surface area is 190 Å². The Hall–Kier alpha value is -3.57. The number of fused-ring (bicyclic) bond motifs is 1. The minimum Gasteiger partial charge on any atom is -0.478 e. The monoisotopic (exact) mass is 460 g/mol. The molecule has 1 fully saturated rings. The van der Waals surface area contributed by atoms with E-state index in [2.05, 4.69) is 20.7 Å². The van der Waals surface area contributed by atoms with Crippen LogP contribution in [0.15, 0.2) is 18.6 Å². The highest BCUT2D eigenvalue weighted by molar-refractivity contribution is 5.74. The summed E-state index contributed by atoms with van der Waals surface area (Å²) in [6.07, 6.45) is 3.41. The van der Waals surface area contributed by atoms with Crippen LogP contribution in [-0.4, -0.2) is 68.3 Å². The van der Waals surface area contributed by atoms with Crippen LogP contribution in [0, 0.1) is 6.92 Å². The highest BCUT2D eigenvalue weighted by Crippen LogP contribution is 2.30. The number of alkyl carbamates (subject to hydrolysis) is 1. The molecule has 3 aromatic heterocycles. The molecule has 2 atom stereocenters. The van der Waals surface area contributed by atoms with Crippen molar-refractivity contribution >= 4 is 29.1 Å². The van der Waals surface area contributed by atoms with Gasteiger partial charge in [-0.05, 0) is 27.7 Å². The van der Waals surface area contributed by atoms with Gasteiger partial charge in [-0.2, -0.15) is 0 Å². The van der Waals surface area contributed by atoms with Crippen LogP contribution < -0.4 is 20.3 Å². The molecule has 1 aliphatic rings. The summed E-state index contributed by atoms with van der Waals surface area (Å²) in [7, 11) is 3.33. The van der Waals surface area contributed by atoms with Gasteiger partial charge >= 0.3 is 6.09 Å². The third kappa shape index (κ3) is 4.78. The van der Waals surface area contributed by atoms with Crippen LogP contribution in [0.2, 0.25) is 0 Å². The van der Waals surface area contributed by atoms with Crippen molar-refractivity contribution in [1.29, 1.82) is 0 Å². The fourth-order valence-corrected chi connectivity index (χ4v) is 3.71. The zero-order valence-corrected chi connectivity index (χ0v) is 19.6. The summed E-state index contributed by atoms with van der Waals surface area (Å²) >= 11 is 0. The van der Waals surface area contributed by atoms with E-state index < -0.39 is 23.9 Å². The number of aryl methyl sites for hydroxylation is 2. The molecule has 1 amide bonds. The molecule has 1 saturated heterocycles. The van der Waals surface area contributed by atoms with Crippen molar-refractivity contribution < 1.29 is 18.7 Å². The summed E-state index contributed by atoms with van der Waals surface area (Å²) in [6, 6.07) is -0.712. The van der Waals surface area contributed by atoms with Gasteiger partial charge in [0.25, 0.3) is 5.88 Å². The smallest absolute Gasteiger partial charge is 0.408 e. The molecule has 0 unspecified atom stereocenters. The zero-order chi connectivity index (χ0) is 23.9. The largest absolute Gasteiger partial charge is 0.478 e. The van der Waals surface area contributed by atoms with Gasteiger partial charge in [-0.3, -0.25) is 9.08 Å². The lowest BCUT2D eigenvalue weighted by molar-refractivity contribution is 0.0490. The third-order valence-corrected chi connectivity index (χ3v) is 5.18. The molecule has 3 aromatic rings. The molecule has 0 bridgehead atoms. The first-order valence-corrected chi connectivity index (χ1v) is 10.6. The number of rotatable bonds is 5. The lowest BCUT2D eigenvalue weighted by atomic mass is 10.2. The Balaban J connectivity index is 1.60. The molecule has 0 aromatic carbocycles. The Morgan fingerprint density at radius 2 is 2.03 bits per heavy atom.